The number of carbonyl (C=O) groups excluding carboxylic acids is 1. The highest BCUT2D eigenvalue weighted by Gasteiger charge is 2.15. The minimum absolute atomic E-state index is 0.0969. The number of rotatable bonds is 6. The van der Waals surface area contributed by atoms with Crippen molar-refractivity contribution >= 4 is 5.91 Å². The van der Waals surface area contributed by atoms with Gasteiger partial charge in [-0.2, -0.15) is 0 Å². The number of aryl methyl sites for hydroxylation is 1. The Balaban J connectivity index is 1.33. The Bertz CT molecular complexity index is 1010. The first-order valence-electron chi connectivity index (χ1n) is 10.9. The zero-order chi connectivity index (χ0) is 21.6. The third-order valence-corrected chi connectivity index (χ3v) is 5.62. The van der Waals surface area contributed by atoms with Crippen LogP contribution in [-0.4, -0.2) is 38.7 Å². The quantitative estimate of drug-likeness (QED) is 0.653. The largest absolute Gasteiger partial charge is 0.345 e. The maximum absolute atomic E-state index is 13.1. The van der Waals surface area contributed by atoms with E-state index >= 15 is 0 Å². The Labute approximate surface area is 182 Å². The fourth-order valence-corrected chi connectivity index (χ4v) is 3.89. The molecule has 4 rings (SSSR count). The van der Waals surface area contributed by atoms with Gasteiger partial charge in [0, 0.05) is 13.1 Å². The summed E-state index contributed by atoms with van der Waals surface area (Å²) in [6.07, 6.45) is 5.25. The first kappa shape index (κ1) is 21.2. The van der Waals surface area contributed by atoms with Crippen molar-refractivity contribution in [2.75, 3.05) is 13.1 Å². The summed E-state index contributed by atoms with van der Waals surface area (Å²) < 4.78 is 14.7. The van der Waals surface area contributed by atoms with Crippen molar-refractivity contribution in [3.8, 4) is 5.69 Å². The minimum Gasteiger partial charge on any atom is -0.345 e. The highest BCUT2D eigenvalue weighted by molar-refractivity contribution is 5.90. The van der Waals surface area contributed by atoms with Crippen molar-refractivity contribution in [1.82, 2.24) is 25.0 Å². The maximum Gasteiger partial charge on any atom is 0.291 e. The molecule has 0 spiro atoms. The lowest BCUT2D eigenvalue weighted by atomic mass is 10.1. The molecule has 0 unspecified atom stereocenters. The van der Waals surface area contributed by atoms with Crippen molar-refractivity contribution < 1.29 is 9.18 Å². The molecule has 6 nitrogen and oxygen atoms in total. The second kappa shape index (κ2) is 9.83. The van der Waals surface area contributed by atoms with E-state index in [0.29, 0.717) is 18.1 Å². The van der Waals surface area contributed by atoms with Crippen LogP contribution in [0.3, 0.4) is 0 Å². The summed E-state index contributed by atoms with van der Waals surface area (Å²) in [6, 6.07) is 14.3. The van der Waals surface area contributed by atoms with E-state index in [1.54, 1.807) is 19.1 Å². The first-order valence-corrected chi connectivity index (χ1v) is 10.9. The van der Waals surface area contributed by atoms with Crippen molar-refractivity contribution in [3.05, 3.63) is 77.1 Å². The van der Waals surface area contributed by atoms with Gasteiger partial charge in [0.2, 0.25) is 5.82 Å². The van der Waals surface area contributed by atoms with Crippen molar-refractivity contribution in [3.63, 3.8) is 0 Å². The number of aromatic nitrogens is 3. The van der Waals surface area contributed by atoms with Gasteiger partial charge in [-0.25, -0.2) is 14.1 Å². The number of carbonyl (C=O) groups is 1. The standard InChI is InChI=1S/C24H28FN5O/c1-18-27-23(28-30(18)22-12-10-21(25)11-13-22)24(31)26-16-19-6-8-20(9-7-19)17-29-14-4-2-3-5-15-29/h6-13H,2-5,14-17H2,1H3,(H,26,31). The van der Waals surface area contributed by atoms with Gasteiger partial charge in [-0.1, -0.05) is 37.1 Å². The van der Waals surface area contributed by atoms with E-state index in [-0.39, 0.29) is 17.5 Å². The van der Waals surface area contributed by atoms with E-state index < -0.39 is 0 Å². The van der Waals surface area contributed by atoms with E-state index in [0.717, 1.165) is 12.1 Å². The lowest BCUT2D eigenvalue weighted by Crippen LogP contribution is -2.25. The Hall–Kier alpha value is -3.06. The third kappa shape index (κ3) is 5.55. The Morgan fingerprint density at radius 1 is 0.968 bits per heavy atom. The third-order valence-electron chi connectivity index (χ3n) is 5.62. The number of likely N-dealkylation sites (tertiary alicyclic amines) is 1. The molecule has 2 aromatic carbocycles. The van der Waals surface area contributed by atoms with E-state index in [1.807, 2.05) is 0 Å². The van der Waals surface area contributed by atoms with Gasteiger partial charge < -0.3 is 5.32 Å². The minimum atomic E-state index is -0.336. The number of nitrogens with one attached hydrogen (secondary N) is 1. The van der Waals surface area contributed by atoms with Gasteiger partial charge >= 0.3 is 0 Å². The van der Waals surface area contributed by atoms with Crippen LogP contribution in [-0.2, 0) is 13.1 Å². The lowest BCUT2D eigenvalue weighted by molar-refractivity contribution is 0.0940. The number of hydrogen-bond donors (Lipinski definition) is 1. The zero-order valence-electron chi connectivity index (χ0n) is 17.9. The normalized spacial score (nSPS) is 14.9. The van der Waals surface area contributed by atoms with Gasteiger partial charge in [0.25, 0.3) is 5.91 Å². The molecule has 162 valence electrons. The fourth-order valence-electron chi connectivity index (χ4n) is 3.89. The number of benzene rings is 2. The Kier molecular flexibility index (Phi) is 6.72. The summed E-state index contributed by atoms with van der Waals surface area (Å²) in [4.78, 5) is 19.3. The van der Waals surface area contributed by atoms with Gasteiger partial charge in [0.1, 0.15) is 11.6 Å². The first-order chi connectivity index (χ1) is 15.1. The molecule has 1 amide bonds. The second-order valence-corrected chi connectivity index (χ2v) is 8.06. The second-order valence-electron chi connectivity index (χ2n) is 8.06. The van der Waals surface area contributed by atoms with E-state index in [9.17, 15) is 9.18 Å². The van der Waals surface area contributed by atoms with Gasteiger partial charge in [-0.3, -0.25) is 9.69 Å². The van der Waals surface area contributed by atoms with E-state index in [1.165, 1.54) is 61.2 Å². The predicted molar refractivity (Wildman–Crippen MR) is 117 cm³/mol. The molecule has 0 saturated carbocycles. The van der Waals surface area contributed by atoms with Crippen LogP contribution in [0.2, 0.25) is 0 Å². The van der Waals surface area contributed by atoms with Crippen molar-refractivity contribution in [1.29, 1.82) is 0 Å². The molecule has 0 aliphatic carbocycles. The van der Waals surface area contributed by atoms with Crippen LogP contribution >= 0.6 is 0 Å². The van der Waals surface area contributed by atoms with Gasteiger partial charge in [-0.05, 0) is 68.2 Å². The van der Waals surface area contributed by atoms with Crippen molar-refractivity contribution in [2.24, 2.45) is 0 Å². The van der Waals surface area contributed by atoms with Crippen LogP contribution in [0.4, 0.5) is 4.39 Å². The molecule has 1 aliphatic heterocycles. The van der Waals surface area contributed by atoms with Crippen LogP contribution in [0.15, 0.2) is 48.5 Å². The fraction of sp³-hybridized carbons (Fsp3) is 0.375. The SMILES string of the molecule is Cc1nc(C(=O)NCc2ccc(CN3CCCCCC3)cc2)nn1-c1ccc(F)cc1. The van der Waals surface area contributed by atoms with Crippen LogP contribution in [0.5, 0.6) is 0 Å². The molecular weight excluding hydrogens is 393 g/mol. The van der Waals surface area contributed by atoms with Crippen LogP contribution in [0, 0.1) is 12.7 Å². The Morgan fingerprint density at radius 3 is 2.29 bits per heavy atom. The topological polar surface area (TPSA) is 63.1 Å². The molecule has 0 radical (unpaired) electrons. The smallest absolute Gasteiger partial charge is 0.291 e. The van der Waals surface area contributed by atoms with Gasteiger partial charge in [0.15, 0.2) is 0 Å². The average Bonchev–Trinajstić information content (AvgIpc) is 2.99. The molecule has 0 atom stereocenters. The number of halogens is 1. The summed E-state index contributed by atoms with van der Waals surface area (Å²) in [5.74, 6) is 0.00349. The molecule has 7 heteroatoms. The predicted octanol–water partition coefficient (Wildman–Crippen LogP) is 4.02. The van der Waals surface area contributed by atoms with Gasteiger partial charge in [0.05, 0.1) is 5.69 Å². The molecule has 2 heterocycles. The summed E-state index contributed by atoms with van der Waals surface area (Å²) >= 11 is 0. The summed E-state index contributed by atoms with van der Waals surface area (Å²) in [6.45, 7) is 5.50. The molecular formula is C24H28FN5O. The molecule has 1 fully saturated rings. The van der Waals surface area contributed by atoms with Crippen LogP contribution < -0.4 is 5.32 Å². The highest BCUT2D eigenvalue weighted by Crippen LogP contribution is 2.14. The Morgan fingerprint density at radius 2 is 1.61 bits per heavy atom. The maximum atomic E-state index is 13.1. The van der Waals surface area contributed by atoms with E-state index in [4.69, 9.17) is 0 Å². The molecule has 1 aliphatic rings. The molecule has 1 aromatic heterocycles. The summed E-state index contributed by atoms with van der Waals surface area (Å²) in [5.41, 5.74) is 2.99. The molecule has 1 N–H and O–H groups in total. The number of amides is 1. The summed E-state index contributed by atoms with van der Waals surface area (Å²) in [7, 11) is 0. The molecule has 0 bridgehead atoms. The monoisotopic (exact) mass is 421 g/mol. The van der Waals surface area contributed by atoms with Crippen LogP contribution in [0.1, 0.15) is 53.3 Å². The number of nitrogens with zero attached hydrogens (tertiary/aromatic N) is 4. The molecule has 31 heavy (non-hydrogen) atoms. The zero-order valence-corrected chi connectivity index (χ0v) is 17.9. The van der Waals surface area contributed by atoms with Crippen LogP contribution in [0.25, 0.3) is 5.69 Å². The van der Waals surface area contributed by atoms with Crippen molar-refractivity contribution in [2.45, 2.75) is 45.7 Å². The average molecular weight is 422 g/mol. The highest BCUT2D eigenvalue weighted by atomic mass is 19.1. The summed E-state index contributed by atoms with van der Waals surface area (Å²) in [5, 5.41) is 7.15. The number of hydrogen-bond acceptors (Lipinski definition) is 4. The molecule has 3 aromatic rings. The van der Waals surface area contributed by atoms with E-state index in [2.05, 4.69) is 44.6 Å². The lowest BCUT2D eigenvalue weighted by Gasteiger charge is -2.19. The van der Waals surface area contributed by atoms with Gasteiger partial charge in [-0.15, -0.1) is 5.10 Å². The molecule has 1 saturated heterocycles.